The van der Waals surface area contributed by atoms with Crippen LogP contribution in [0.2, 0.25) is 0 Å². The van der Waals surface area contributed by atoms with Gasteiger partial charge in [-0.05, 0) is 67.9 Å². The summed E-state index contributed by atoms with van der Waals surface area (Å²) in [5, 5.41) is 6.13. The average molecular weight is 612 g/mol. The third-order valence-electron chi connectivity index (χ3n) is 10.9. The van der Waals surface area contributed by atoms with E-state index in [2.05, 4.69) is 158 Å². The van der Waals surface area contributed by atoms with Crippen LogP contribution < -0.4 is 0 Å². The molecule has 3 nitrogen and oxygen atoms in total. The minimum Gasteiger partial charge on any atom is -0.278 e. The molecule has 0 saturated carbocycles. The molecule has 11 rings (SSSR count). The number of rotatable bonds is 2. The molecule has 9 aromatic rings. The molecule has 0 atom stereocenters. The van der Waals surface area contributed by atoms with E-state index in [1.165, 1.54) is 66.1 Å². The van der Waals surface area contributed by atoms with Crippen molar-refractivity contribution in [2.75, 3.05) is 0 Å². The smallest absolute Gasteiger partial charge is 0.235 e. The summed E-state index contributed by atoms with van der Waals surface area (Å²) in [6.07, 6.45) is 0. The maximum absolute atomic E-state index is 5.43. The van der Waals surface area contributed by atoms with Gasteiger partial charge in [0.2, 0.25) is 5.95 Å². The van der Waals surface area contributed by atoms with Crippen molar-refractivity contribution in [3.63, 3.8) is 0 Å². The summed E-state index contributed by atoms with van der Waals surface area (Å²) >= 11 is 0. The molecule has 0 aliphatic heterocycles. The minimum absolute atomic E-state index is 0.180. The number of aromatic nitrogens is 3. The van der Waals surface area contributed by atoms with Gasteiger partial charge >= 0.3 is 0 Å². The van der Waals surface area contributed by atoms with Gasteiger partial charge < -0.3 is 0 Å². The zero-order chi connectivity index (χ0) is 31.7. The third kappa shape index (κ3) is 3.18. The molecule has 0 fully saturated rings. The molecule has 0 amide bonds. The Morgan fingerprint density at radius 1 is 0.500 bits per heavy atom. The fourth-order valence-electron chi connectivity index (χ4n) is 8.83. The van der Waals surface area contributed by atoms with E-state index in [4.69, 9.17) is 9.97 Å². The second kappa shape index (κ2) is 9.05. The summed E-state index contributed by atoms with van der Waals surface area (Å²) in [4.78, 5) is 10.7. The lowest BCUT2D eigenvalue weighted by Crippen LogP contribution is -2.15. The zero-order valence-electron chi connectivity index (χ0n) is 26.6. The Bertz CT molecular complexity index is 2860. The second-order valence-electron chi connectivity index (χ2n) is 13.7. The molecule has 2 aliphatic rings. The van der Waals surface area contributed by atoms with E-state index in [1.807, 2.05) is 0 Å². The molecule has 0 saturated heterocycles. The van der Waals surface area contributed by atoms with E-state index in [0.717, 1.165) is 33.2 Å². The van der Waals surface area contributed by atoms with Gasteiger partial charge in [-0.25, -0.2) is 9.97 Å². The van der Waals surface area contributed by atoms with Crippen molar-refractivity contribution in [3.8, 4) is 50.6 Å². The Hall–Kier alpha value is -6.06. The maximum Gasteiger partial charge on any atom is 0.235 e. The second-order valence-corrected chi connectivity index (χ2v) is 13.7. The predicted molar refractivity (Wildman–Crippen MR) is 199 cm³/mol. The highest BCUT2D eigenvalue weighted by atomic mass is 15.2. The van der Waals surface area contributed by atoms with Gasteiger partial charge in [0.25, 0.3) is 0 Å². The van der Waals surface area contributed by atoms with E-state index < -0.39 is 0 Å². The number of benzene rings is 7. The Balaban J connectivity index is 1.40. The van der Waals surface area contributed by atoms with E-state index in [9.17, 15) is 0 Å². The summed E-state index contributed by atoms with van der Waals surface area (Å²) in [7, 11) is 0. The summed E-state index contributed by atoms with van der Waals surface area (Å²) in [6, 6.07) is 50.7. The first kappa shape index (κ1) is 26.1. The van der Waals surface area contributed by atoms with Crippen LogP contribution >= 0.6 is 0 Å². The normalized spacial score (nSPS) is 13.8. The van der Waals surface area contributed by atoms with Gasteiger partial charge in [0.1, 0.15) is 0 Å². The van der Waals surface area contributed by atoms with Gasteiger partial charge in [-0.1, -0.05) is 135 Å². The molecule has 224 valence electrons. The predicted octanol–water partition coefficient (Wildman–Crippen LogP) is 11.5. The van der Waals surface area contributed by atoms with E-state index in [0.29, 0.717) is 5.95 Å². The van der Waals surface area contributed by atoms with Gasteiger partial charge in [0.15, 0.2) is 0 Å². The lowest BCUT2D eigenvalue weighted by molar-refractivity contribution is 0.661. The number of para-hydroxylation sites is 1. The van der Waals surface area contributed by atoms with Crippen LogP contribution in [-0.4, -0.2) is 14.5 Å². The summed E-state index contributed by atoms with van der Waals surface area (Å²) < 4.78 is 2.34. The minimum atomic E-state index is -0.180. The topological polar surface area (TPSA) is 30.7 Å². The highest BCUT2D eigenvalue weighted by molar-refractivity contribution is 6.32. The molecule has 2 aliphatic carbocycles. The van der Waals surface area contributed by atoms with Crippen LogP contribution in [-0.2, 0) is 5.41 Å². The van der Waals surface area contributed by atoms with E-state index >= 15 is 0 Å². The Labute approximate surface area is 277 Å². The van der Waals surface area contributed by atoms with Crippen molar-refractivity contribution in [2.45, 2.75) is 19.3 Å². The molecular formula is C45H29N3. The summed E-state index contributed by atoms with van der Waals surface area (Å²) in [5.74, 6) is 0.692. The highest BCUT2D eigenvalue weighted by Gasteiger charge is 2.40. The first-order chi connectivity index (χ1) is 23.6. The van der Waals surface area contributed by atoms with E-state index in [1.54, 1.807) is 0 Å². The fraction of sp³-hybridized carbons (Fsp3) is 0.0667. The molecule has 0 N–H and O–H groups in total. The number of nitrogens with zero attached hydrogens (tertiary/aromatic N) is 3. The molecule has 0 bridgehead atoms. The van der Waals surface area contributed by atoms with Gasteiger partial charge in [-0.2, -0.15) is 0 Å². The van der Waals surface area contributed by atoms with Crippen LogP contribution in [0.4, 0.5) is 0 Å². The maximum atomic E-state index is 5.43. The molecule has 3 heteroatoms. The average Bonchev–Trinajstić information content (AvgIpc) is 3.54. The van der Waals surface area contributed by atoms with Crippen molar-refractivity contribution < 1.29 is 0 Å². The molecule has 48 heavy (non-hydrogen) atoms. The third-order valence-corrected chi connectivity index (χ3v) is 10.9. The highest BCUT2D eigenvalue weighted by Crippen LogP contribution is 2.58. The van der Waals surface area contributed by atoms with Crippen LogP contribution in [0.3, 0.4) is 0 Å². The SMILES string of the molecule is CC1(C)c2ccccc2-c2c1cc1c3c2-c2ccccc2-c2cccc4ccc(c3c24)n1-c1nc(-c2ccccc2)c2ccccc2n1. The van der Waals surface area contributed by atoms with Crippen molar-refractivity contribution in [2.24, 2.45) is 0 Å². The fourth-order valence-corrected chi connectivity index (χ4v) is 8.83. The lowest BCUT2D eigenvalue weighted by atomic mass is 9.81. The molecule has 0 spiro atoms. The Morgan fingerprint density at radius 2 is 1.23 bits per heavy atom. The first-order valence-corrected chi connectivity index (χ1v) is 16.7. The van der Waals surface area contributed by atoms with Gasteiger partial charge in [-0.3, -0.25) is 4.57 Å². The van der Waals surface area contributed by atoms with Crippen molar-refractivity contribution in [3.05, 3.63) is 151 Å². The number of hydrogen-bond donors (Lipinski definition) is 0. The molecular weight excluding hydrogens is 583 g/mol. The van der Waals surface area contributed by atoms with Crippen molar-refractivity contribution >= 4 is 43.5 Å². The monoisotopic (exact) mass is 611 g/mol. The van der Waals surface area contributed by atoms with Crippen LogP contribution in [0, 0.1) is 0 Å². The van der Waals surface area contributed by atoms with Crippen LogP contribution in [0.15, 0.2) is 140 Å². The van der Waals surface area contributed by atoms with Gasteiger partial charge in [-0.15, -0.1) is 0 Å². The molecule has 2 heterocycles. The molecule has 7 aromatic carbocycles. The largest absolute Gasteiger partial charge is 0.278 e. The summed E-state index contributed by atoms with van der Waals surface area (Å²) in [6.45, 7) is 4.75. The summed E-state index contributed by atoms with van der Waals surface area (Å²) in [5.41, 5.74) is 15.6. The van der Waals surface area contributed by atoms with Crippen LogP contribution in [0.25, 0.3) is 94.1 Å². The Kier molecular flexibility index (Phi) is 4.91. The molecule has 2 aromatic heterocycles. The number of fused-ring (bicyclic) bond motifs is 8. The van der Waals surface area contributed by atoms with E-state index in [-0.39, 0.29) is 5.41 Å². The molecule has 0 unspecified atom stereocenters. The zero-order valence-corrected chi connectivity index (χ0v) is 26.6. The van der Waals surface area contributed by atoms with Crippen molar-refractivity contribution in [1.82, 2.24) is 14.5 Å². The standard InChI is InChI=1S/C45H29N3/c1-45(2)33-21-10-8-18-31(33)39-34(45)25-37-42-40(39)30-17-7-6-16-28(30)29-20-12-15-26-23-24-36(41(42)38(26)29)48(37)44-46-35-22-11-9-19-32(35)43(47-44)27-13-4-3-5-14-27/h3-25H,1-2H3. The van der Waals surface area contributed by atoms with Gasteiger partial charge in [0, 0.05) is 32.7 Å². The first-order valence-electron chi connectivity index (χ1n) is 16.7. The molecule has 0 radical (unpaired) electrons. The van der Waals surface area contributed by atoms with Crippen molar-refractivity contribution in [1.29, 1.82) is 0 Å². The van der Waals surface area contributed by atoms with Gasteiger partial charge in [0.05, 0.1) is 22.2 Å². The quantitative estimate of drug-likeness (QED) is 0.195. The Morgan fingerprint density at radius 3 is 2.10 bits per heavy atom. The van der Waals surface area contributed by atoms with Crippen LogP contribution in [0.1, 0.15) is 25.0 Å². The number of hydrogen-bond acceptors (Lipinski definition) is 2. The van der Waals surface area contributed by atoms with Crippen LogP contribution in [0.5, 0.6) is 0 Å². The lowest BCUT2D eigenvalue weighted by Gasteiger charge is -2.23.